The highest BCUT2D eigenvalue weighted by Crippen LogP contribution is 2.35. The lowest BCUT2D eigenvalue weighted by Gasteiger charge is -2.29. The average Bonchev–Trinajstić information content (AvgIpc) is 2.62. The molecule has 3 aromatic rings. The molecule has 0 spiro atoms. The van der Waals surface area contributed by atoms with E-state index in [4.69, 9.17) is 0 Å². The fraction of sp³-hybridized carbons (Fsp3) is 0.0952. The lowest BCUT2D eigenvalue weighted by atomic mass is 9.71. The predicted molar refractivity (Wildman–Crippen MR) is 100 cm³/mol. The number of carbonyl (C=O) groups is 1. The molecule has 0 N–H and O–H groups in total. The van der Waals surface area contributed by atoms with E-state index in [-0.39, 0.29) is 22.8 Å². The summed E-state index contributed by atoms with van der Waals surface area (Å²) in [5, 5.41) is 0. The van der Waals surface area contributed by atoms with E-state index in [1.165, 1.54) is 0 Å². The van der Waals surface area contributed by atoms with Gasteiger partial charge in [0.05, 0.1) is 5.41 Å². The first-order chi connectivity index (χ1) is 10.7. The molecular formula is C21H19BrO. The molecule has 0 aliphatic carbocycles. The number of carbonyl (C=O) groups excluding carboxylic acids is 1. The van der Waals surface area contributed by atoms with Crippen molar-refractivity contribution in [3.8, 4) is 0 Å². The fourth-order valence-corrected chi connectivity index (χ4v) is 2.85. The van der Waals surface area contributed by atoms with Crippen molar-refractivity contribution in [3.63, 3.8) is 0 Å². The number of benzene rings is 3. The van der Waals surface area contributed by atoms with Crippen LogP contribution in [0.25, 0.3) is 0 Å². The number of rotatable bonds is 4. The van der Waals surface area contributed by atoms with Gasteiger partial charge in [-0.3, -0.25) is 4.79 Å². The summed E-state index contributed by atoms with van der Waals surface area (Å²) in [5.41, 5.74) is 2.06. The van der Waals surface area contributed by atoms with Crippen LogP contribution in [-0.4, -0.2) is 5.78 Å². The van der Waals surface area contributed by atoms with Gasteiger partial charge in [-0.25, -0.2) is 0 Å². The molecule has 3 rings (SSSR count). The van der Waals surface area contributed by atoms with E-state index in [0.29, 0.717) is 0 Å². The lowest BCUT2D eigenvalue weighted by Crippen LogP contribution is -2.34. The van der Waals surface area contributed by atoms with Crippen LogP contribution < -0.4 is 0 Å². The summed E-state index contributed by atoms with van der Waals surface area (Å²) in [6, 6.07) is 29.5. The Hall–Kier alpha value is -2.19. The fourth-order valence-electron chi connectivity index (χ4n) is 2.85. The molecule has 0 saturated heterocycles. The molecule has 2 heteroatoms. The van der Waals surface area contributed by atoms with Crippen LogP contribution in [0.2, 0.25) is 0 Å². The lowest BCUT2D eigenvalue weighted by molar-refractivity contribution is 0.0922. The Morgan fingerprint density at radius 1 is 0.652 bits per heavy atom. The summed E-state index contributed by atoms with van der Waals surface area (Å²) in [7, 11) is 0. The zero-order valence-corrected chi connectivity index (χ0v) is 14.7. The normalized spacial score (nSPS) is 10.7. The maximum absolute atomic E-state index is 13.3. The van der Waals surface area contributed by atoms with Gasteiger partial charge in [-0.1, -0.05) is 91.0 Å². The summed E-state index contributed by atoms with van der Waals surface area (Å²) >= 11 is 0. The standard InChI is InChI=1S/C21H18O.BrH/c1-21(18-13-7-3-8-14-18,19-15-9-4-10-16-19)20(22)17-11-5-2-6-12-17;/h2-16H,1H3;1H. The van der Waals surface area contributed by atoms with E-state index in [0.717, 1.165) is 16.7 Å². The third kappa shape index (κ3) is 3.27. The van der Waals surface area contributed by atoms with Crippen LogP contribution >= 0.6 is 17.0 Å². The second kappa shape index (κ2) is 7.38. The smallest absolute Gasteiger partial charge is 0.177 e. The van der Waals surface area contributed by atoms with Gasteiger partial charge < -0.3 is 0 Å². The summed E-state index contributed by atoms with van der Waals surface area (Å²) in [4.78, 5) is 13.3. The predicted octanol–water partition coefficient (Wildman–Crippen LogP) is 5.45. The van der Waals surface area contributed by atoms with E-state index in [2.05, 4.69) is 0 Å². The van der Waals surface area contributed by atoms with Gasteiger partial charge in [-0.15, -0.1) is 17.0 Å². The third-order valence-corrected chi connectivity index (χ3v) is 4.19. The summed E-state index contributed by atoms with van der Waals surface area (Å²) < 4.78 is 0. The van der Waals surface area contributed by atoms with Crippen LogP contribution in [-0.2, 0) is 5.41 Å². The van der Waals surface area contributed by atoms with Crippen molar-refractivity contribution in [3.05, 3.63) is 108 Å². The van der Waals surface area contributed by atoms with Crippen LogP contribution in [0.3, 0.4) is 0 Å². The van der Waals surface area contributed by atoms with Gasteiger partial charge in [0.25, 0.3) is 0 Å². The first-order valence-corrected chi connectivity index (χ1v) is 7.44. The average molecular weight is 367 g/mol. The Bertz CT molecular complexity index is 712. The molecule has 0 atom stereocenters. The minimum absolute atomic E-state index is 0. The van der Waals surface area contributed by atoms with Crippen LogP contribution in [0.1, 0.15) is 28.4 Å². The minimum Gasteiger partial charge on any atom is -0.293 e. The van der Waals surface area contributed by atoms with Gasteiger partial charge >= 0.3 is 0 Å². The highest BCUT2D eigenvalue weighted by Gasteiger charge is 2.37. The minimum atomic E-state index is -0.691. The molecule has 0 aliphatic rings. The molecule has 1 nitrogen and oxygen atoms in total. The Labute approximate surface area is 147 Å². The molecule has 0 fully saturated rings. The molecule has 0 saturated carbocycles. The van der Waals surface area contributed by atoms with E-state index >= 15 is 0 Å². The van der Waals surface area contributed by atoms with Crippen molar-refractivity contribution in [1.29, 1.82) is 0 Å². The highest BCUT2D eigenvalue weighted by molar-refractivity contribution is 8.93. The van der Waals surface area contributed by atoms with E-state index in [1.807, 2.05) is 97.9 Å². The highest BCUT2D eigenvalue weighted by atomic mass is 79.9. The number of ketones is 1. The Balaban J connectivity index is 0.00000192. The van der Waals surface area contributed by atoms with Crippen molar-refractivity contribution in [2.75, 3.05) is 0 Å². The summed E-state index contributed by atoms with van der Waals surface area (Å²) in [6.45, 7) is 2.01. The molecule has 0 bridgehead atoms. The quantitative estimate of drug-likeness (QED) is 0.560. The largest absolute Gasteiger partial charge is 0.293 e. The molecule has 0 amide bonds. The second-order valence-electron chi connectivity index (χ2n) is 5.55. The van der Waals surface area contributed by atoms with E-state index in [1.54, 1.807) is 0 Å². The monoisotopic (exact) mass is 366 g/mol. The summed E-state index contributed by atoms with van der Waals surface area (Å²) in [6.07, 6.45) is 0. The zero-order valence-electron chi connectivity index (χ0n) is 13.0. The SMILES string of the molecule is Br.CC(C(=O)c1ccccc1)(c1ccccc1)c1ccccc1. The molecule has 116 valence electrons. The number of Topliss-reactive ketones (excluding diaryl/α,β-unsaturated/α-hetero) is 1. The van der Waals surface area contributed by atoms with Gasteiger partial charge in [-0.2, -0.15) is 0 Å². The zero-order chi connectivity index (χ0) is 15.4. The van der Waals surface area contributed by atoms with Crippen LogP contribution in [0.5, 0.6) is 0 Å². The van der Waals surface area contributed by atoms with Crippen LogP contribution in [0, 0.1) is 0 Å². The Kier molecular flexibility index (Phi) is 5.51. The van der Waals surface area contributed by atoms with Crippen molar-refractivity contribution < 1.29 is 4.79 Å². The Morgan fingerprint density at radius 3 is 1.39 bits per heavy atom. The van der Waals surface area contributed by atoms with Gasteiger partial charge in [-0.05, 0) is 18.1 Å². The molecule has 23 heavy (non-hydrogen) atoms. The second-order valence-corrected chi connectivity index (χ2v) is 5.55. The van der Waals surface area contributed by atoms with Gasteiger partial charge in [0.15, 0.2) is 5.78 Å². The first-order valence-electron chi connectivity index (χ1n) is 7.44. The van der Waals surface area contributed by atoms with Gasteiger partial charge in [0.2, 0.25) is 0 Å². The maximum Gasteiger partial charge on any atom is 0.177 e. The van der Waals surface area contributed by atoms with Crippen LogP contribution in [0.4, 0.5) is 0 Å². The molecular weight excluding hydrogens is 348 g/mol. The number of halogens is 1. The molecule has 0 heterocycles. The number of hydrogen-bond donors (Lipinski definition) is 0. The third-order valence-electron chi connectivity index (χ3n) is 4.19. The molecule has 0 radical (unpaired) electrons. The first kappa shape index (κ1) is 17.2. The van der Waals surface area contributed by atoms with E-state index < -0.39 is 5.41 Å². The topological polar surface area (TPSA) is 17.1 Å². The van der Waals surface area contributed by atoms with Gasteiger partial charge in [0.1, 0.15) is 0 Å². The van der Waals surface area contributed by atoms with Crippen molar-refractivity contribution in [2.24, 2.45) is 0 Å². The van der Waals surface area contributed by atoms with Crippen molar-refractivity contribution in [1.82, 2.24) is 0 Å². The molecule has 0 unspecified atom stereocenters. The number of hydrogen-bond acceptors (Lipinski definition) is 1. The van der Waals surface area contributed by atoms with Crippen LogP contribution in [0.15, 0.2) is 91.0 Å². The summed E-state index contributed by atoms with van der Waals surface area (Å²) in [5.74, 6) is 0.116. The maximum atomic E-state index is 13.3. The van der Waals surface area contributed by atoms with Crippen molar-refractivity contribution >= 4 is 22.8 Å². The molecule has 0 aromatic heterocycles. The van der Waals surface area contributed by atoms with Gasteiger partial charge in [0, 0.05) is 5.56 Å². The van der Waals surface area contributed by atoms with Crippen molar-refractivity contribution in [2.45, 2.75) is 12.3 Å². The van der Waals surface area contributed by atoms with E-state index in [9.17, 15) is 4.79 Å². The Morgan fingerprint density at radius 2 is 1.00 bits per heavy atom. The molecule has 0 aliphatic heterocycles. The molecule has 3 aromatic carbocycles.